The summed E-state index contributed by atoms with van der Waals surface area (Å²) >= 11 is 0. The van der Waals surface area contributed by atoms with Crippen LogP contribution >= 0.6 is 0 Å². The van der Waals surface area contributed by atoms with Crippen LogP contribution in [-0.2, 0) is 7.05 Å². The molecule has 0 bridgehead atoms. The summed E-state index contributed by atoms with van der Waals surface area (Å²) in [6.07, 6.45) is 4.44. The molecule has 4 heteroatoms. The highest BCUT2D eigenvalue weighted by molar-refractivity contribution is 5.13. The lowest BCUT2D eigenvalue weighted by Gasteiger charge is -2.16. The summed E-state index contributed by atoms with van der Waals surface area (Å²) in [4.78, 5) is 4.00. The van der Waals surface area contributed by atoms with Crippen LogP contribution in [0.2, 0.25) is 0 Å². The number of hydrogen-bond donors (Lipinski definition) is 1. The first-order valence-corrected chi connectivity index (χ1v) is 4.81. The standard InChI is InChI=1S/C10H16N4/c1-4-8(2)13-9(5-11)10-6-12-7-14(10)3/h6-9,13H,4H2,1-3H3. The van der Waals surface area contributed by atoms with Crippen molar-refractivity contribution in [1.29, 1.82) is 5.26 Å². The molecule has 1 aromatic heterocycles. The average molecular weight is 192 g/mol. The van der Waals surface area contributed by atoms with Gasteiger partial charge in [-0.25, -0.2) is 4.98 Å². The van der Waals surface area contributed by atoms with Gasteiger partial charge in [-0.3, -0.25) is 5.32 Å². The summed E-state index contributed by atoms with van der Waals surface area (Å²) < 4.78 is 1.86. The zero-order valence-corrected chi connectivity index (χ0v) is 8.86. The van der Waals surface area contributed by atoms with Crippen molar-refractivity contribution in [3.8, 4) is 6.07 Å². The molecule has 2 unspecified atom stereocenters. The Kier molecular flexibility index (Phi) is 3.66. The Hall–Kier alpha value is -1.34. The van der Waals surface area contributed by atoms with Gasteiger partial charge in [-0.05, 0) is 13.3 Å². The fourth-order valence-electron chi connectivity index (χ4n) is 1.24. The molecule has 1 heterocycles. The van der Waals surface area contributed by atoms with E-state index in [-0.39, 0.29) is 6.04 Å². The molecule has 0 spiro atoms. The minimum atomic E-state index is -0.266. The first-order valence-electron chi connectivity index (χ1n) is 4.81. The predicted octanol–water partition coefficient (Wildman–Crippen LogP) is 1.37. The number of nitrogens with one attached hydrogen (secondary N) is 1. The van der Waals surface area contributed by atoms with Gasteiger partial charge in [0.15, 0.2) is 0 Å². The smallest absolute Gasteiger partial charge is 0.138 e. The molecule has 0 fully saturated rings. The van der Waals surface area contributed by atoms with Gasteiger partial charge in [0.25, 0.3) is 0 Å². The molecule has 0 aliphatic heterocycles. The van der Waals surface area contributed by atoms with Crippen molar-refractivity contribution in [2.75, 3.05) is 0 Å². The van der Waals surface area contributed by atoms with E-state index in [1.165, 1.54) is 0 Å². The third-order valence-corrected chi connectivity index (χ3v) is 2.34. The molecule has 1 N–H and O–H groups in total. The molecular weight excluding hydrogens is 176 g/mol. The topological polar surface area (TPSA) is 53.6 Å². The van der Waals surface area contributed by atoms with E-state index in [0.29, 0.717) is 6.04 Å². The SMILES string of the molecule is CCC(C)NC(C#N)c1cncn1C. The second-order valence-corrected chi connectivity index (χ2v) is 3.47. The van der Waals surface area contributed by atoms with Crippen molar-refractivity contribution in [2.24, 2.45) is 7.05 Å². The van der Waals surface area contributed by atoms with Crippen LogP contribution in [0.4, 0.5) is 0 Å². The van der Waals surface area contributed by atoms with Gasteiger partial charge < -0.3 is 4.57 Å². The lowest BCUT2D eigenvalue weighted by atomic mass is 10.2. The van der Waals surface area contributed by atoms with Crippen LogP contribution in [0.25, 0.3) is 0 Å². The van der Waals surface area contributed by atoms with Gasteiger partial charge in [0.2, 0.25) is 0 Å². The van der Waals surface area contributed by atoms with Gasteiger partial charge in [-0.1, -0.05) is 6.92 Å². The second kappa shape index (κ2) is 4.77. The molecule has 1 aromatic rings. The van der Waals surface area contributed by atoms with Crippen LogP contribution in [0.1, 0.15) is 32.0 Å². The molecule has 0 aromatic carbocycles. The van der Waals surface area contributed by atoms with Gasteiger partial charge in [0.1, 0.15) is 6.04 Å². The van der Waals surface area contributed by atoms with E-state index in [4.69, 9.17) is 5.26 Å². The van der Waals surface area contributed by atoms with Gasteiger partial charge >= 0.3 is 0 Å². The van der Waals surface area contributed by atoms with Crippen molar-refractivity contribution in [3.63, 3.8) is 0 Å². The maximum atomic E-state index is 9.01. The van der Waals surface area contributed by atoms with Gasteiger partial charge in [-0.2, -0.15) is 5.26 Å². The normalized spacial score (nSPS) is 14.7. The van der Waals surface area contributed by atoms with E-state index in [1.54, 1.807) is 12.5 Å². The third kappa shape index (κ3) is 2.33. The largest absolute Gasteiger partial charge is 0.335 e. The number of nitrogens with zero attached hydrogens (tertiary/aromatic N) is 3. The maximum absolute atomic E-state index is 9.01. The summed E-state index contributed by atoms with van der Waals surface area (Å²) in [7, 11) is 1.89. The van der Waals surface area contributed by atoms with Crippen LogP contribution in [0.15, 0.2) is 12.5 Å². The highest BCUT2D eigenvalue weighted by Crippen LogP contribution is 2.11. The van der Waals surface area contributed by atoms with E-state index in [0.717, 1.165) is 12.1 Å². The number of hydrogen-bond acceptors (Lipinski definition) is 3. The molecule has 14 heavy (non-hydrogen) atoms. The highest BCUT2D eigenvalue weighted by atomic mass is 15.1. The van der Waals surface area contributed by atoms with Crippen LogP contribution in [-0.4, -0.2) is 15.6 Å². The van der Waals surface area contributed by atoms with Crippen molar-refractivity contribution in [2.45, 2.75) is 32.4 Å². The summed E-state index contributed by atoms with van der Waals surface area (Å²) in [5.41, 5.74) is 0.910. The monoisotopic (exact) mass is 192 g/mol. The Bertz CT molecular complexity index is 323. The van der Waals surface area contributed by atoms with Gasteiger partial charge in [0, 0.05) is 13.1 Å². The molecular formula is C10H16N4. The third-order valence-electron chi connectivity index (χ3n) is 2.34. The zero-order chi connectivity index (χ0) is 10.6. The van der Waals surface area contributed by atoms with Crippen molar-refractivity contribution in [3.05, 3.63) is 18.2 Å². The van der Waals surface area contributed by atoms with E-state index >= 15 is 0 Å². The molecule has 2 atom stereocenters. The molecule has 0 amide bonds. The van der Waals surface area contributed by atoms with E-state index in [1.807, 2.05) is 11.6 Å². The number of nitriles is 1. The predicted molar refractivity (Wildman–Crippen MR) is 54.5 cm³/mol. The lowest BCUT2D eigenvalue weighted by Crippen LogP contribution is -2.30. The molecule has 0 aliphatic carbocycles. The van der Waals surface area contributed by atoms with Crippen molar-refractivity contribution < 1.29 is 0 Å². The van der Waals surface area contributed by atoms with E-state index in [9.17, 15) is 0 Å². The Balaban J connectivity index is 2.74. The Morgan fingerprint density at radius 3 is 2.86 bits per heavy atom. The van der Waals surface area contributed by atoms with Gasteiger partial charge in [-0.15, -0.1) is 0 Å². The molecule has 0 saturated carbocycles. The lowest BCUT2D eigenvalue weighted by molar-refractivity contribution is 0.488. The number of aromatic nitrogens is 2. The minimum absolute atomic E-state index is 0.266. The highest BCUT2D eigenvalue weighted by Gasteiger charge is 2.15. The average Bonchev–Trinajstić information content (AvgIpc) is 2.60. The Labute approximate surface area is 84.6 Å². The zero-order valence-electron chi connectivity index (χ0n) is 8.86. The molecule has 0 saturated heterocycles. The molecule has 1 rings (SSSR count). The quantitative estimate of drug-likeness (QED) is 0.784. The molecule has 4 nitrogen and oxygen atoms in total. The Morgan fingerprint density at radius 2 is 2.43 bits per heavy atom. The number of rotatable bonds is 4. The summed E-state index contributed by atoms with van der Waals surface area (Å²) in [6.45, 7) is 4.16. The van der Waals surface area contributed by atoms with Crippen LogP contribution < -0.4 is 5.32 Å². The molecule has 76 valence electrons. The van der Waals surface area contributed by atoms with Crippen LogP contribution in [0.3, 0.4) is 0 Å². The van der Waals surface area contributed by atoms with Crippen molar-refractivity contribution in [1.82, 2.24) is 14.9 Å². The van der Waals surface area contributed by atoms with Gasteiger partial charge in [0.05, 0.1) is 24.3 Å². The van der Waals surface area contributed by atoms with Crippen LogP contribution in [0, 0.1) is 11.3 Å². The molecule has 0 aliphatic rings. The Morgan fingerprint density at radius 1 is 1.71 bits per heavy atom. The fraction of sp³-hybridized carbons (Fsp3) is 0.600. The minimum Gasteiger partial charge on any atom is -0.335 e. The summed E-state index contributed by atoms with van der Waals surface area (Å²) in [5.74, 6) is 0. The fourth-order valence-corrected chi connectivity index (χ4v) is 1.24. The van der Waals surface area contributed by atoms with Crippen LogP contribution in [0.5, 0.6) is 0 Å². The first-order chi connectivity index (χ1) is 6.69. The number of imidazole rings is 1. The van der Waals surface area contributed by atoms with E-state index in [2.05, 4.69) is 30.2 Å². The second-order valence-electron chi connectivity index (χ2n) is 3.47. The first kappa shape index (κ1) is 10.7. The summed E-state index contributed by atoms with van der Waals surface area (Å²) in [6, 6.07) is 2.31. The number of aryl methyl sites for hydroxylation is 1. The molecule has 0 radical (unpaired) electrons. The van der Waals surface area contributed by atoms with E-state index < -0.39 is 0 Å². The summed E-state index contributed by atoms with van der Waals surface area (Å²) in [5, 5.41) is 12.3. The van der Waals surface area contributed by atoms with Crippen molar-refractivity contribution >= 4 is 0 Å². The maximum Gasteiger partial charge on any atom is 0.138 e.